The second kappa shape index (κ2) is 7.40. The van der Waals surface area contributed by atoms with E-state index in [0.29, 0.717) is 6.54 Å². The number of ether oxygens (including phenoxy) is 1. The van der Waals surface area contributed by atoms with Gasteiger partial charge in [-0.15, -0.1) is 0 Å². The Morgan fingerprint density at radius 2 is 2.05 bits per heavy atom. The maximum absolute atomic E-state index is 11.8. The summed E-state index contributed by atoms with van der Waals surface area (Å²) in [7, 11) is 1.60. The number of carbonyl (C=O) groups is 2. The molecule has 0 bridgehead atoms. The minimum absolute atomic E-state index is 0.0585. The Morgan fingerprint density at radius 3 is 2.62 bits per heavy atom. The minimum Gasteiger partial charge on any atom is -0.478 e. The number of carboxylic acid groups (broad SMARTS) is 1. The highest BCUT2D eigenvalue weighted by Crippen LogP contribution is 2.23. The summed E-state index contributed by atoms with van der Waals surface area (Å²) in [5.74, 6) is -1.39. The Bertz CT molecular complexity index is 532. The number of carboxylic acids is 1. The van der Waals surface area contributed by atoms with Gasteiger partial charge in [0.1, 0.15) is 0 Å². The lowest BCUT2D eigenvalue weighted by Gasteiger charge is -2.23. The van der Waals surface area contributed by atoms with Crippen molar-refractivity contribution in [2.45, 2.75) is 19.4 Å². The highest BCUT2D eigenvalue weighted by molar-refractivity contribution is 6.33. The molecule has 0 saturated heterocycles. The number of carbonyl (C=O) groups excluding carboxylic acids is 1. The van der Waals surface area contributed by atoms with Gasteiger partial charge in [-0.05, 0) is 32.0 Å². The number of benzene rings is 1. The van der Waals surface area contributed by atoms with Gasteiger partial charge in [0.25, 0.3) is 0 Å². The van der Waals surface area contributed by atoms with Crippen LogP contribution >= 0.6 is 11.6 Å². The molecule has 0 aliphatic rings. The SMILES string of the molecule is COC(C)(C)CNCC(=O)Nc1cc(C(=O)O)ccc1Cl. The predicted octanol–water partition coefficient (Wildman–Crippen LogP) is 1.99. The van der Waals surface area contributed by atoms with Crippen molar-refractivity contribution in [2.24, 2.45) is 0 Å². The first-order chi connectivity index (χ1) is 9.75. The van der Waals surface area contributed by atoms with Crippen molar-refractivity contribution in [3.05, 3.63) is 28.8 Å². The van der Waals surface area contributed by atoms with E-state index in [9.17, 15) is 9.59 Å². The lowest BCUT2D eigenvalue weighted by Crippen LogP contribution is -2.40. The molecule has 6 nitrogen and oxygen atoms in total. The van der Waals surface area contributed by atoms with E-state index in [1.54, 1.807) is 7.11 Å². The molecule has 0 aromatic heterocycles. The van der Waals surface area contributed by atoms with Gasteiger partial charge >= 0.3 is 5.97 Å². The second-order valence-electron chi connectivity index (χ2n) is 5.12. The summed E-state index contributed by atoms with van der Waals surface area (Å²) < 4.78 is 5.22. The fourth-order valence-corrected chi connectivity index (χ4v) is 1.66. The summed E-state index contributed by atoms with van der Waals surface area (Å²) in [4.78, 5) is 22.7. The van der Waals surface area contributed by atoms with Gasteiger partial charge < -0.3 is 20.5 Å². The first-order valence-electron chi connectivity index (χ1n) is 6.34. The molecular weight excluding hydrogens is 296 g/mol. The van der Waals surface area contributed by atoms with Crippen molar-refractivity contribution in [3.8, 4) is 0 Å². The molecule has 0 saturated carbocycles. The van der Waals surface area contributed by atoms with E-state index >= 15 is 0 Å². The van der Waals surface area contributed by atoms with Crippen LogP contribution in [0.2, 0.25) is 5.02 Å². The molecule has 0 heterocycles. The van der Waals surface area contributed by atoms with E-state index in [-0.39, 0.29) is 34.3 Å². The summed E-state index contributed by atoms with van der Waals surface area (Å²) in [5.41, 5.74) is -0.0428. The Balaban J connectivity index is 2.59. The third kappa shape index (κ3) is 5.71. The Morgan fingerprint density at radius 1 is 1.38 bits per heavy atom. The zero-order chi connectivity index (χ0) is 16.0. The van der Waals surface area contributed by atoms with E-state index in [1.165, 1.54) is 18.2 Å². The highest BCUT2D eigenvalue weighted by atomic mass is 35.5. The smallest absolute Gasteiger partial charge is 0.335 e. The normalized spacial score (nSPS) is 11.2. The van der Waals surface area contributed by atoms with Crippen LogP contribution in [0, 0.1) is 0 Å². The number of methoxy groups -OCH3 is 1. The molecule has 3 N–H and O–H groups in total. The quantitative estimate of drug-likeness (QED) is 0.716. The molecule has 0 atom stereocenters. The first kappa shape index (κ1) is 17.4. The van der Waals surface area contributed by atoms with Gasteiger partial charge in [0.2, 0.25) is 5.91 Å². The first-order valence-corrected chi connectivity index (χ1v) is 6.71. The zero-order valence-electron chi connectivity index (χ0n) is 12.2. The second-order valence-corrected chi connectivity index (χ2v) is 5.52. The number of halogens is 1. The fourth-order valence-electron chi connectivity index (χ4n) is 1.50. The van der Waals surface area contributed by atoms with E-state index in [4.69, 9.17) is 21.4 Å². The standard InChI is InChI=1S/C14H19ClN2O4/c1-14(2,21-3)8-16-7-12(18)17-11-6-9(13(19)20)4-5-10(11)15/h4-6,16H,7-8H2,1-3H3,(H,17,18)(H,19,20). The molecule has 1 rings (SSSR count). The van der Waals surface area contributed by atoms with E-state index in [1.807, 2.05) is 13.8 Å². The van der Waals surface area contributed by atoms with Crippen molar-refractivity contribution in [1.29, 1.82) is 0 Å². The Kier molecular flexibility index (Phi) is 6.14. The highest BCUT2D eigenvalue weighted by Gasteiger charge is 2.16. The number of anilines is 1. The van der Waals surface area contributed by atoms with Crippen LogP contribution in [0.1, 0.15) is 24.2 Å². The summed E-state index contributed by atoms with van der Waals surface area (Å²) in [6.45, 7) is 4.36. The van der Waals surface area contributed by atoms with Crippen LogP contribution in [-0.2, 0) is 9.53 Å². The van der Waals surface area contributed by atoms with Gasteiger partial charge in [-0.3, -0.25) is 4.79 Å². The van der Waals surface area contributed by atoms with Gasteiger partial charge in [-0.1, -0.05) is 11.6 Å². The maximum Gasteiger partial charge on any atom is 0.335 e. The van der Waals surface area contributed by atoms with Crippen molar-refractivity contribution in [1.82, 2.24) is 5.32 Å². The number of aromatic carboxylic acids is 1. The minimum atomic E-state index is -1.08. The topological polar surface area (TPSA) is 87.7 Å². The molecular formula is C14H19ClN2O4. The molecule has 0 unspecified atom stereocenters. The van der Waals surface area contributed by atoms with Gasteiger partial charge in [0.15, 0.2) is 0 Å². The van der Waals surface area contributed by atoms with Gasteiger partial charge in [-0.25, -0.2) is 4.79 Å². The summed E-state index contributed by atoms with van der Waals surface area (Å²) in [6.07, 6.45) is 0. The molecule has 0 aliphatic heterocycles. The summed E-state index contributed by atoms with van der Waals surface area (Å²) in [6, 6.07) is 4.13. The largest absolute Gasteiger partial charge is 0.478 e. The molecule has 0 radical (unpaired) electrons. The third-order valence-corrected chi connectivity index (χ3v) is 3.21. The Hall–Kier alpha value is -1.63. The number of amides is 1. The van der Waals surface area contributed by atoms with Crippen LogP contribution in [0.5, 0.6) is 0 Å². The molecule has 116 valence electrons. The van der Waals surface area contributed by atoms with Crippen LogP contribution in [0.15, 0.2) is 18.2 Å². The molecule has 7 heteroatoms. The lowest BCUT2D eigenvalue weighted by atomic mass is 10.1. The third-order valence-electron chi connectivity index (χ3n) is 2.88. The van der Waals surface area contributed by atoms with E-state index in [2.05, 4.69) is 10.6 Å². The molecule has 0 fully saturated rings. The number of hydrogen-bond donors (Lipinski definition) is 3. The molecule has 1 amide bonds. The van der Waals surface area contributed by atoms with Crippen LogP contribution in [0.25, 0.3) is 0 Å². The lowest BCUT2D eigenvalue weighted by molar-refractivity contribution is -0.115. The maximum atomic E-state index is 11.8. The average Bonchev–Trinajstić information content (AvgIpc) is 2.40. The Labute approximate surface area is 128 Å². The molecule has 1 aromatic rings. The van der Waals surface area contributed by atoms with Crippen LogP contribution in [-0.4, -0.2) is 42.8 Å². The van der Waals surface area contributed by atoms with Crippen LogP contribution < -0.4 is 10.6 Å². The monoisotopic (exact) mass is 314 g/mol. The average molecular weight is 315 g/mol. The number of nitrogens with one attached hydrogen (secondary N) is 2. The van der Waals surface area contributed by atoms with Gasteiger partial charge in [0, 0.05) is 13.7 Å². The zero-order valence-corrected chi connectivity index (χ0v) is 13.0. The predicted molar refractivity (Wildman–Crippen MR) is 81.0 cm³/mol. The van der Waals surface area contributed by atoms with Gasteiger partial charge in [-0.2, -0.15) is 0 Å². The number of rotatable bonds is 7. The molecule has 0 aliphatic carbocycles. The molecule has 0 spiro atoms. The summed E-state index contributed by atoms with van der Waals surface area (Å²) >= 11 is 5.93. The van der Waals surface area contributed by atoms with Crippen molar-refractivity contribution in [2.75, 3.05) is 25.5 Å². The van der Waals surface area contributed by atoms with Crippen molar-refractivity contribution < 1.29 is 19.4 Å². The van der Waals surface area contributed by atoms with Crippen LogP contribution in [0.4, 0.5) is 5.69 Å². The summed E-state index contributed by atoms with van der Waals surface area (Å²) in [5, 5.41) is 14.7. The van der Waals surface area contributed by atoms with Crippen molar-refractivity contribution >= 4 is 29.2 Å². The van der Waals surface area contributed by atoms with Crippen molar-refractivity contribution in [3.63, 3.8) is 0 Å². The van der Waals surface area contributed by atoms with E-state index < -0.39 is 5.97 Å². The van der Waals surface area contributed by atoms with Gasteiger partial charge in [0.05, 0.1) is 28.4 Å². The van der Waals surface area contributed by atoms with Crippen LogP contribution in [0.3, 0.4) is 0 Å². The molecule has 1 aromatic carbocycles. The fraction of sp³-hybridized carbons (Fsp3) is 0.429. The molecule has 21 heavy (non-hydrogen) atoms. The number of hydrogen-bond acceptors (Lipinski definition) is 4. The van der Waals surface area contributed by atoms with E-state index in [0.717, 1.165) is 0 Å².